The van der Waals surface area contributed by atoms with Gasteiger partial charge in [0.25, 0.3) is 5.91 Å². The summed E-state index contributed by atoms with van der Waals surface area (Å²) in [5, 5.41) is 5.99. The third kappa shape index (κ3) is 3.11. The number of benzene rings is 2. The monoisotopic (exact) mass is 377 g/mol. The van der Waals surface area contributed by atoms with E-state index in [0.717, 1.165) is 5.69 Å². The predicted octanol–water partition coefficient (Wildman–Crippen LogP) is 3.53. The van der Waals surface area contributed by atoms with Crippen LogP contribution in [0, 0.1) is 0 Å². The molecule has 1 amide bonds. The molecule has 0 saturated carbocycles. The number of carbonyl (C=O) groups is 1. The summed E-state index contributed by atoms with van der Waals surface area (Å²) < 4.78 is 21.2. The molecule has 5 rings (SSSR count). The van der Waals surface area contributed by atoms with E-state index in [-0.39, 0.29) is 19.5 Å². The Morgan fingerprint density at radius 1 is 0.786 bits per heavy atom. The number of hydrogen-bond acceptors (Lipinski definition) is 7. The van der Waals surface area contributed by atoms with Gasteiger partial charge in [0.05, 0.1) is 5.56 Å². The molecule has 0 radical (unpaired) electrons. The van der Waals surface area contributed by atoms with Crippen molar-refractivity contribution >= 4 is 23.1 Å². The molecule has 0 spiro atoms. The molecule has 2 N–H and O–H groups in total. The van der Waals surface area contributed by atoms with Crippen LogP contribution in [-0.2, 0) is 0 Å². The second-order valence-corrected chi connectivity index (χ2v) is 6.15. The fraction of sp³-hybridized carbons (Fsp3) is 0.100. The van der Waals surface area contributed by atoms with Gasteiger partial charge in [-0.15, -0.1) is 0 Å². The molecule has 140 valence electrons. The minimum absolute atomic E-state index is 0.189. The maximum absolute atomic E-state index is 12.4. The number of nitrogens with zero attached hydrogens (tertiary/aromatic N) is 1. The number of fused-ring (bicyclic) bond motifs is 2. The molecular formula is C20H15N3O5. The fourth-order valence-electron chi connectivity index (χ4n) is 2.90. The number of ether oxygens (including phenoxy) is 4. The van der Waals surface area contributed by atoms with Gasteiger partial charge in [-0.2, -0.15) is 0 Å². The summed E-state index contributed by atoms with van der Waals surface area (Å²) in [5.41, 5.74) is 1.88. The van der Waals surface area contributed by atoms with Crippen LogP contribution in [0.5, 0.6) is 23.0 Å². The second kappa shape index (κ2) is 6.66. The number of anilines is 3. The van der Waals surface area contributed by atoms with Gasteiger partial charge in [0, 0.05) is 29.7 Å². The number of aromatic nitrogens is 1. The maximum Gasteiger partial charge on any atom is 0.257 e. The van der Waals surface area contributed by atoms with Gasteiger partial charge in [-0.3, -0.25) is 4.79 Å². The third-order valence-corrected chi connectivity index (χ3v) is 4.30. The van der Waals surface area contributed by atoms with Crippen LogP contribution in [-0.4, -0.2) is 24.5 Å². The summed E-state index contributed by atoms with van der Waals surface area (Å²) in [6.45, 7) is 0.415. The molecule has 8 nitrogen and oxygen atoms in total. The van der Waals surface area contributed by atoms with Crippen LogP contribution in [0.15, 0.2) is 54.7 Å². The summed E-state index contributed by atoms with van der Waals surface area (Å²) in [7, 11) is 0. The first-order chi connectivity index (χ1) is 13.7. The van der Waals surface area contributed by atoms with Crippen molar-refractivity contribution in [2.45, 2.75) is 0 Å². The van der Waals surface area contributed by atoms with E-state index in [1.165, 1.54) is 6.20 Å². The molecule has 0 bridgehead atoms. The number of rotatable bonds is 4. The van der Waals surface area contributed by atoms with E-state index in [4.69, 9.17) is 18.9 Å². The lowest BCUT2D eigenvalue weighted by molar-refractivity contribution is 0.102. The average molecular weight is 377 g/mol. The molecule has 0 aliphatic carbocycles. The van der Waals surface area contributed by atoms with Crippen molar-refractivity contribution in [1.82, 2.24) is 4.98 Å². The lowest BCUT2D eigenvalue weighted by atomic mass is 10.2. The lowest BCUT2D eigenvalue weighted by Crippen LogP contribution is -2.12. The SMILES string of the molecule is O=C(Nc1ccc2c(c1)OCO2)c1ccc(Nc2ccc3c(c2)OCO3)nc1. The zero-order valence-corrected chi connectivity index (χ0v) is 14.6. The predicted molar refractivity (Wildman–Crippen MR) is 101 cm³/mol. The van der Waals surface area contributed by atoms with Crippen molar-refractivity contribution in [2.24, 2.45) is 0 Å². The van der Waals surface area contributed by atoms with Crippen LogP contribution in [0.4, 0.5) is 17.2 Å². The second-order valence-electron chi connectivity index (χ2n) is 6.15. The Bertz CT molecular complexity index is 1050. The van der Waals surface area contributed by atoms with Gasteiger partial charge >= 0.3 is 0 Å². The standard InChI is InChI=1S/C20H15N3O5/c24-20(23-14-3-5-16-18(8-14)28-11-26-16)12-1-6-19(21-9-12)22-13-2-4-15-17(7-13)27-10-25-15/h1-9H,10-11H2,(H,21,22)(H,23,24). The van der Waals surface area contributed by atoms with Crippen LogP contribution in [0.2, 0.25) is 0 Å². The summed E-state index contributed by atoms with van der Waals surface area (Å²) in [6.07, 6.45) is 1.51. The Kier molecular flexibility index (Phi) is 3.86. The summed E-state index contributed by atoms with van der Waals surface area (Å²) in [6, 6.07) is 14.2. The number of hydrogen-bond donors (Lipinski definition) is 2. The number of amides is 1. The number of nitrogens with one attached hydrogen (secondary N) is 2. The normalized spacial score (nSPS) is 13.3. The van der Waals surface area contributed by atoms with E-state index >= 15 is 0 Å². The Hall–Kier alpha value is -3.94. The van der Waals surface area contributed by atoms with Crippen molar-refractivity contribution in [3.63, 3.8) is 0 Å². The van der Waals surface area contributed by atoms with Crippen LogP contribution in [0.3, 0.4) is 0 Å². The Labute approximate surface area is 160 Å². The van der Waals surface area contributed by atoms with Gasteiger partial charge in [-0.25, -0.2) is 4.98 Å². The van der Waals surface area contributed by atoms with Crippen molar-refractivity contribution < 1.29 is 23.7 Å². The fourth-order valence-corrected chi connectivity index (χ4v) is 2.90. The van der Waals surface area contributed by atoms with E-state index < -0.39 is 0 Å². The Balaban J connectivity index is 1.26. The van der Waals surface area contributed by atoms with Crippen molar-refractivity contribution in [1.29, 1.82) is 0 Å². The highest BCUT2D eigenvalue weighted by Gasteiger charge is 2.15. The Morgan fingerprint density at radius 3 is 2.11 bits per heavy atom. The van der Waals surface area contributed by atoms with Crippen molar-refractivity contribution in [2.75, 3.05) is 24.2 Å². The Morgan fingerprint density at radius 2 is 1.43 bits per heavy atom. The number of carbonyl (C=O) groups excluding carboxylic acids is 1. The topological polar surface area (TPSA) is 90.9 Å². The highest BCUT2D eigenvalue weighted by molar-refractivity contribution is 6.04. The molecule has 2 aromatic carbocycles. The third-order valence-electron chi connectivity index (χ3n) is 4.30. The zero-order chi connectivity index (χ0) is 18.9. The van der Waals surface area contributed by atoms with Crippen LogP contribution >= 0.6 is 0 Å². The van der Waals surface area contributed by atoms with Crippen LogP contribution in [0.1, 0.15) is 10.4 Å². The van der Waals surface area contributed by atoms with Crippen LogP contribution < -0.4 is 29.6 Å². The van der Waals surface area contributed by atoms with E-state index in [1.807, 2.05) is 18.2 Å². The summed E-state index contributed by atoms with van der Waals surface area (Å²) in [5.74, 6) is 3.02. The molecule has 0 fully saturated rings. The largest absolute Gasteiger partial charge is 0.454 e. The summed E-state index contributed by atoms with van der Waals surface area (Å²) in [4.78, 5) is 16.7. The highest BCUT2D eigenvalue weighted by Crippen LogP contribution is 2.35. The highest BCUT2D eigenvalue weighted by atomic mass is 16.7. The van der Waals surface area contributed by atoms with Gasteiger partial charge in [0.1, 0.15) is 5.82 Å². The quantitative estimate of drug-likeness (QED) is 0.719. The number of pyridine rings is 1. The summed E-state index contributed by atoms with van der Waals surface area (Å²) >= 11 is 0. The van der Waals surface area contributed by atoms with E-state index in [0.29, 0.717) is 40.1 Å². The first-order valence-electron chi connectivity index (χ1n) is 8.58. The maximum atomic E-state index is 12.4. The van der Waals surface area contributed by atoms with Gasteiger partial charge in [-0.1, -0.05) is 0 Å². The van der Waals surface area contributed by atoms with Crippen LogP contribution in [0.25, 0.3) is 0 Å². The molecule has 0 unspecified atom stereocenters. The zero-order valence-electron chi connectivity index (χ0n) is 14.6. The van der Waals surface area contributed by atoms with Gasteiger partial charge < -0.3 is 29.6 Å². The molecule has 0 saturated heterocycles. The lowest BCUT2D eigenvalue weighted by Gasteiger charge is -2.08. The van der Waals surface area contributed by atoms with E-state index in [1.54, 1.807) is 30.3 Å². The average Bonchev–Trinajstić information content (AvgIpc) is 3.36. The van der Waals surface area contributed by atoms with Crippen molar-refractivity contribution in [3.8, 4) is 23.0 Å². The molecule has 0 atom stereocenters. The molecule has 28 heavy (non-hydrogen) atoms. The molecule has 2 aliphatic rings. The smallest absolute Gasteiger partial charge is 0.257 e. The van der Waals surface area contributed by atoms with E-state index in [2.05, 4.69) is 15.6 Å². The first-order valence-corrected chi connectivity index (χ1v) is 8.58. The minimum atomic E-state index is -0.263. The van der Waals surface area contributed by atoms with Gasteiger partial charge in [0.2, 0.25) is 13.6 Å². The minimum Gasteiger partial charge on any atom is -0.454 e. The first kappa shape index (κ1) is 16.2. The van der Waals surface area contributed by atoms with Gasteiger partial charge in [0.15, 0.2) is 23.0 Å². The molecular weight excluding hydrogens is 362 g/mol. The molecule has 1 aromatic heterocycles. The molecule has 3 aromatic rings. The molecule has 8 heteroatoms. The molecule has 3 heterocycles. The van der Waals surface area contributed by atoms with Gasteiger partial charge in [-0.05, 0) is 36.4 Å². The molecule has 2 aliphatic heterocycles. The van der Waals surface area contributed by atoms with Crippen molar-refractivity contribution in [3.05, 3.63) is 60.3 Å². The van der Waals surface area contributed by atoms with E-state index in [9.17, 15) is 4.79 Å².